The number of alkyl halides is 3. The number of nitrogens with zero attached hydrogens (tertiary/aromatic N) is 3. The van der Waals surface area contributed by atoms with Crippen LogP contribution in [-0.4, -0.2) is 35.8 Å². The van der Waals surface area contributed by atoms with Crippen molar-refractivity contribution in [1.29, 1.82) is 0 Å². The summed E-state index contributed by atoms with van der Waals surface area (Å²) in [7, 11) is 1.53. The summed E-state index contributed by atoms with van der Waals surface area (Å²) < 4.78 is 36.1. The van der Waals surface area contributed by atoms with Crippen molar-refractivity contribution < 1.29 is 18.4 Å². The second-order valence-electron chi connectivity index (χ2n) is 3.67. The van der Waals surface area contributed by atoms with Crippen LogP contribution < -0.4 is 10.6 Å². The maximum absolute atomic E-state index is 12.0. The van der Waals surface area contributed by atoms with Crippen LogP contribution in [0.5, 0.6) is 0 Å². The second-order valence-corrected chi connectivity index (χ2v) is 3.67. The molecule has 1 aromatic rings. The molecule has 18 heavy (non-hydrogen) atoms. The Bertz CT molecular complexity index is 416. The summed E-state index contributed by atoms with van der Waals surface area (Å²) in [6.45, 7) is -0.159. The molecule has 0 saturated heterocycles. The molecule has 1 aromatic heterocycles. The Labute approximate surface area is 102 Å². The number of oxime groups is 1. The number of hydrogen-bond acceptors (Lipinski definition) is 4. The number of pyridine rings is 1. The van der Waals surface area contributed by atoms with Crippen LogP contribution in [0.15, 0.2) is 23.5 Å². The van der Waals surface area contributed by atoms with Gasteiger partial charge in [0.2, 0.25) is 0 Å². The highest BCUT2D eigenvalue weighted by molar-refractivity contribution is 5.95. The van der Waals surface area contributed by atoms with Gasteiger partial charge in [0.25, 0.3) is 0 Å². The van der Waals surface area contributed by atoms with Crippen LogP contribution in [0, 0.1) is 0 Å². The average molecular weight is 262 g/mol. The molecular formula is C10H13F3N4O. The van der Waals surface area contributed by atoms with E-state index in [0.717, 1.165) is 0 Å². The van der Waals surface area contributed by atoms with E-state index < -0.39 is 12.6 Å². The minimum absolute atomic E-state index is 0.153. The van der Waals surface area contributed by atoms with Gasteiger partial charge in [0.05, 0.1) is 18.3 Å². The topological polar surface area (TPSA) is 74.7 Å². The van der Waals surface area contributed by atoms with Crippen LogP contribution in [0.2, 0.25) is 0 Å². The first-order valence-electron chi connectivity index (χ1n) is 5.05. The fourth-order valence-electron chi connectivity index (χ4n) is 1.24. The first kappa shape index (κ1) is 14.1. The SMILES string of the molecule is CN(CCC(F)(F)F)c1ccc(/C(N)=N/O)nc1. The number of nitrogens with two attached hydrogens (primary N) is 1. The highest BCUT2D eigenvalue weighted by Gasteiger charge is 2.27. The van der Waals surface area contributed by atoms with Crippen molar-refractivity contribution in [3.05, 3.63) is 24.0 Å². The van der Waals surface area contributed by atoms with Crippen LogP contribution in [0.3, 0.4) is 0 Å². The van der Waals surface area contributed by atoms with E-state index in [1.807, 2.05) is 0 Å². The normalized spacial score (nSPS) is 12.6. The summed E-state index contributed by atoms with van der Waals surface area (Å²) in [5, 5.41) is 11.2. The maximum atomic E-state index is 12.0. The molecule has 1 heterocycles. The molecule has 1 rings (SSSR count). The molecule has 0 aliphatic rings. The summed E-state index contributed by atoms with van der Waals surface area (Å²) >= 11 is 0. The quantitative estimate of drug-likeness (QED) is 0.374. The number of amidine groups is 1. The molecule has 0 spiro atoms. The van der Waals surface area contributed by atoms with Crippen molar-refractivity contribution in [3.8, 4) is 0 Å². The number of halogens is 3. The Balaban J connectivity index is 2.67. The minimum Gasteiger partial charge on any atom is -0.409 e. The number of anilines is 1. The second kappa shape index (κ2) is 5.56. The zero-order valence-corrected chi connectivity index (χ0v) is 9.65. The minimum atomic E-state index is -4.18. The Morgan fingerprint density at radius 2 is 2.17 bits per heavy atom. The lowest BCUT2D eigenvalue weighted by Crippen LogP contribution is -2.24. The Morgan fingerprint density at radius 3 is 2.61 bits per heavy atom. The highest BCUT2D eigenvalue weighted by Crippen LogP contribution is 2.21. The van der Waals surface area contributed by atoms with Gasteiger partial charge in [0, 0.05) is 13.6 Å². The van der Waals surface area contributed by atoms with Crippen LogP contribution >= 0.6 is 0 Å². The van der Waals surface area contributed by atoms with Gasteiger partial charge in [-0.05, 0) is 12.1 Å². The fourth-order valence-corrected chi connectivity index (χ4v) is 1.24. The monoisotopic (exact) mass is 262 g/mol. The predicted molar refractivity (Wildman–Crippen MR) is 60.7 cm³/mol. The lowest BCUT2D eigenvalue weighted by atomic mass is 10.3. The first-order chi connectivity index (χ1) is 8.33. The van der Waals surface area contributed by atoms with E-state index in [0.29, 0.717) is 5.69 Å². The molecule has 0 aliphatic carbocycles. The summed E-state index contributed by atoms with van der Waals surface area (Å²) in [4.78, 5) is 5.30. The highest BCUT2D eigenvalue weighted by atomic mass is 19.4. The Kier molecular flexibility index (Phi) is 4.35. The standard InChI is InChI=1S/C10H13F3N4O/c1-17(5-4-10(11,12)13)7-2-3-8(15-6-7)9(14)16-18/h2-3,6,18H,4-5H2,1H3,(H2,14,16). The van der Waals surface area contributed by atoms with Gasteiger partial charge in [-0.25, -0.2) is 0 Å². The molecule has 0 amide bonds. The van der Waals surface area contributed by atoms with Crippen LogP contribution in [0.1, 0.15) is 12.1 Å². The van der Waals surface area contributed by atoms with E-state index in [1.54, 1.807) is 6.07 Å². The zero-order valence-electron chi connectivity index (χ0n) is 9.65. The molecule has 0 saturated carbocycles. The van der Waals surface area contributed by atoms with E-state index in [-0.39, 0.29) is 18.1 Å². The number of rotatable bonds is 4. The molecule has 0 bridgehead atoms. The molecule has 3 N–H and O–H groups in total. The molecule has 100 valence electrons. The molecular weight excluding hydrogens is 249 g/mol. The summed E-state index contributed by atoms with van der Waals surface area (Å²) in [5.41, 5.74) is 6.09. The Hall–Kier alpha value is -1.99. The van der Waals surface area contributed by atoms with Gasteiger partial charge in [-0.15, -0.1) is 0 Å². The lowest BCUT2D eigenvalue weighted by molar-refractivity contribution is -0.132. The number of aromatic nitrogens is 1. The molecule has 0 fully saturated rings. The van der Waals surface area contributed by atoms with Crippen molar-refractivity contribution in [1.82, 2.24) is 4.98 Å². The lowest BCUT2D eigenvalue weighted by Gasteiger charge is -2.19. The van der Waals surface area contributed by atoms with Crippen molar-refractivity contribution in [3.63, 3.8) is 0 Å². The van der Waals surface area contributed by atoms with Crippen molar-refractivity contribution in [2.24, 2.45) is 10.9 Å². The summed E-state index contributed by atoms with van der Waals surface area (Å²) in [6, 6.07) is 3.02. The molecule has 5 nitrogen and oxygen atoms in total. The van der Waals surface area contributed by atoms with E-state index in [2.05, 4.69) is 10.1 Å². The van der Waals surface area contributed by atoms with Gasteiger partial charge < -0.3 is 15.8 Å². The third-order valence-electron chi connectivity index (χ3n) is 2.29. The van der Waals surface area contributed by atoms with Crippen LogP contribution in [-0.2, 0) is 0 Å². The fraction of sp³-hybridized carbons (Fsp3) is 0.400. The van der Waals surface area contributed by atoms with E-state index >= 15 is 0 Å². The zero-order chi connectivity index (χ0) is 13.8. The van der Waals surface area contributed by atoms with Crippen LogP contribution in [0.4, 0.5) is 18.9 Å². The van der Waals surface area contributed by atoms with E-state index in [1.165, 1.54) is 24.2 Å². The summed E-state index contributed by atoms with van der Waals surface area (Å²) in [5.74, 6) is -0.153. The third kappa shape index (κ3) is 4.11. The van der Waals surface area contributed by atoms with Gasteiger partial charge in [-0.1, -0.05) is 5.16 Å². The maximum Gasteiger partial charge on any atom is 0.390 e. The largest absolute Gasteiger partial charge is 0.409 e. The van der Waals surface area contributed by atoms with Gasteiger partial charge in [0.15, 0.2) is 5.84 Å². The molecule has 0 aromatic carbocycles. The molecule has 0 atom stereocenters. The van der Waals surface area contributed by atoms with Crippen molar-refractivity contribution in [2.45, 2.75) is 12.6 Å². The van der Waals surface area contributed by atoms with Gasteiger partial charge in [-0.3, -0.25) is 4.98 Å². The van der Waals surface area contributed by atoms with E-state index in [9.17, 15) is 13.2 Å². The molecule has 0 radical (unpaired) electrons. The van der Waals surface area contributed by atoms with E-state index in [4.69, 9.17) is 10.9 Å². The van der Waals surface area contributed by atoms with Crippen LogP contribution in [0.25, 0.3) is 0 Å². The smallest absolute Gasteiger partial charge is 0.390 e. The Morgan fingerprint density at radius 1 is 1.50 bits per heavy atom. The molecule has 8 heteroatoms. The van der Waals surface area contributed by atoms with Gasteiger partial charge in [0.1, 0.15) is 5.69 Å². The summed E-state index contributed by atoms with van der Waals surface area (Å²) in [6.07, 6.45) is -3.72. The van der Waals surface area contributed by atoms with Gasteiger partial charge >= 0.3 is 6.18 Å². The van der Waals surface area contributed by atoms with Crippen molar-refractivity contribution in [2.75, 3.05) is 18.5 Å². The molecule has 0 aliphatic heterocycles. The average Bonchev–Trinajstić information content (AvgIpc) is 2.34. The van der Waals surface area contributed by atoms with Crippen molar-refractivity contribution >= 4 is 11.5 Å². The third-order valence-corrected chi connectivity index (χ3v) is 2.29. The predicted octanol–water partition coefficient (Wildman–Crippen LogP) is 1.56. The first-order valence-corrected chi connectivity index (χ1v) is 5.05. The number of hydrogen-bond donors (Lipinski definition) is 2. The molecule has 0 unspecified atom stereocenters. The van der Waals surface area contributed by atoms with Gasteiger partial charge in [-0.2, -0.15) is 13.2 Å².